The molecule has 8 heteroatoms. The summed E-state index contributed by atoms with van der Waals surface area (Å²) in [5, 5.41) is 16.9. The highest BCUT2D eigenvalue weighted by molar-refractivity contribution is 14.0. The number of aliphatic imine (C=N–C) groups is 1. The number of nitrogens with zero attached hydrogens (tertiary/aromatic N) is 4. The molecule has 1 heterocycles. The van der Waals surface area contributed by atoms with Crippen LogP contribution in [0.3, 0.4) is 0 Å². The Morgan fingerprint density at radius 3 is 2.52 bits per heavy atom. The van der Waals surface area contributed by atoms with Crippen molar-refractivity contribution >= 4 is 41.7 Å². The van der Waals surface area contributed by atoms with Gasteiger partial charge < -0.3 is 15.2 Å². The lowest BCUT2D eigenvalue weighted by Crippen LogP contribution is -2.42. The summed E-state index contributed by atoms with van der Waals surface area (Å²) < 4.78 is 2.41. The van der Waals surface area contributed by atoms with E-state index in [1.165, 1.54) is 51.4 Å². The van der Waals surface area contributed by atoms with E-state index in [0.29, 0.717) is 12.1 Å². The van der Waals surface area contributed by atoms with Crippen molar-refractivity contribution in [3.05, 3.63) is 5.82 Å². The zero-order valence-corrected chi connectivity index (χ0v) is 19.9. The van der Waals surface area contributed by atoms with Gasteiger partial charge in [0, 0.05) is 31.6 Å². The molecule has 0 saturated heterocycles. The molecule has 2 aliphatic carbocycles. The largest absolute Gasteiger partial charge is 0.357 e. The van der Waals surface area contributed by atoms with Crippen LogP contribution < -0.4 is 10.6 Å². The SMILES string of the molecule is CCNC(=NCCCc1nnc(SC)n1C1CCCC1)NC1CCCC1.I. The average Bonchev–Trinajstić information content (AvgIpc) is 3.39. The number of hydrogen-bond donors (Lipinski definition) is 2. The van der Waals surface area contributed by atoms with Crippen molar-refractivity contribution in [2.75, 3.05) is 19.3 Å². The molecule has 0 aliphatic heterocycles. The molecule has 0 spiro atoms. The van der Waals surface area contributed by atoms with Gasteiger partial charge in [-0.1, -0.05) is 37.4 Å². The van der Waals surface area contributed by atoms with Gasteiger partial charge in [-0.05, 0) is 45.3 Å². The number of aromatic nitrogens is 3. The number of nitrogens with one attached hydrogen (secondary N) is 2. The number of guanidine groups is 1. The maximum Gasteiger partial charge on any atom is 0.191 e. The number of thioether (sulfide) groups is 1. The monoisotopic (exact) mass is 506 g/mol. The first-order chi connectivity index (χ1) is 12.8. The molecule has 0 radical (unpaired) electrons. The second-order valence-corrected chi connectivity index (χ2v) is 8.17. The van der Waals surface area contributed by atoms with E-state index in [2.05, 4.69) is 38.6 Å². The second kappa shape index (κ2) is 12.1. The van der Waals surface area contributed by atoms with Crippen LogP contribution in [0, 0.1) is 0 Å². The fraction of sp³-hybridized carbons (Fsp3) is 0.842. The van der Waals surface area contributed by atoms with Crippen LogP contribution in [0.1, 0.15) is 76.6 Å². The van der Waals surface area contributed by atoms with Crippen LogP contribution >= 0.6 is 35.7 Å². The second-order valence-electron chi connectivity index (χ2n) is 7.40. The minimum absolute atomic E-state index is 0. The number of aryl methyl sites for hydroxylation is 1. The molecule has 0 unspecified atom stereocenters. The Labute approximate surface area is 185 Å². The summed E-state index contributed by atoms with van der Waals surface area (Å²) >= 11 is 1.71. The van der Waals surface area contributed by atoms with E-state index in [0.717, 1.165) is 42.9 Å². The van der Waals surface area contributed by atoms with Gasteiger partial charge in [0.2, 0.25) is 0 Å². The normalized spacial score (nSPS) is 18.7. The fourth-order valence-corrected chi connectivity index (χ4v) is 4.73. The van der Waals surface area contributed by atoms with E-state index in [1.54, 1.807) is 11.8 Å². The first-order valence-corrected chi connectivity index (χ1v) is 11.6. The quantitative estimate of drug-likeness (QED) is 0.182. The number of hydrogen-bond acceptors (Lipinski definition) is 4. The lowest BCUT2D eigenvalue weighted by Gasteiger charge is -2.17. The van der Waals surface area contributed by atoms with Gasteiger partial charge in [0.15, 0.2) is 11.1 Å². The highest BCUT2D eigenvalue weighted by Gasteiger charge is 2.23. The Kier molecular flexibility index (Phi) is 10.2. The van der Waals surface area contributed by atoms with Crippen molar-refractivity contribution in [1.29, 1.82) is 0 Å². The number of halogens is 1. The van der Waals surface area contributed by atoms with E-state index in [-0.39, 0.29) is 24.0 Å². The van der Waals surface area contributed by atoms with Gasteiger partial charge >= 0.3 is 0 Å². The van der Waals surface area contributed by atoms with Gasteiger partial charge in [-0.15, -0.1) is 34.2 Å². The molecule has 27 heavy (non-hydrogen) atoms. The van der Waals surface area contributed by atoms with E-state index in [9.17, 15) is 0 Å². The van der Waals surface area contributed by atoms with Crippen LogP contribution in [-0.4, -0.2) is 46.1 Å². The molecule has 1 aromatic rings. The maximum absolute atomic E-state index is 4.78. The summed E-state index contributed by atoms with van der Waals surface area (Å²) in [4.78, 5) is 4.78. The van der Waals surface area contributed by atoms with Crippen LogP contribution in [0.4, 0.5) is 0 Å². The molecule has 154 valence electrons. The van der Waals surface area contributed by atoms with Crippen molar-refractivity contribution in [2.45, 2.75) is 88.4 Å². The van der Waals surface area contributed by atoms with Gasteiger partial charge in [0.25, 0.3) is 0 Å². The number of rotatable bonds is 8. The standard InChI is InChI=1S/C19H34N6S.HI/c1-3-20-18(22-15-9-4-5-10-15)21-14-8-13-17-23-24-19(26-2)25(17)16-11-6-7-12-16;/h15-16H,3-14H2,1-2H3,(H2,20,21,22);1H. The van der Waals surface area contributed by atoms with Crippen molar-refractivity contribution in [3.63, 3.8) is 0 Å². The lowest BCUT2D eigenvalue weighted by atomic mass is 10.2. The summed E-state index contributed by atoms with van der Waals surface area (Å²) in [5.41, 5.74) is 0. The molecule has 2 N–H and O–H groups in total. The molecule has 3 rings (SSSR count). The first-order valence-electron chi connectivity index (χ1n) is 10.3. The Morgan fingerprint density at radius 1 is 1.15 bits per heavy atom. The minimum Gasteiger partial charge on any atom is -0.357 e. The third-order valence-electron chi connectivity index (χ3n) is 5.48. The van der Waals surface area contributed by atoms with Crippen LogP contribution in [-0.2, 0) is 6.42 Å². The Morgan fingerprint density at radius 2 is 1.85 bits per heavy atom. The van der Waals surface area contributed by atoms with Crippen molar-refractivity contribution < 1.29 is 0 Å². The predicted octanol–water partition coefficient (Wildman–Crippen LogP) is 4.16. The van der Waals surface area contributed by atoms with E-state index in [4.69, 9.17) is 4.99 Å². The summed E-state index contributed by atoms with van der Waals surface area (Å²) in [5.74, 6) is 2.12. The van der Waals surface area contributed by atoms with Gasteiger partial charge in [-0.25, -0.2) is 0 Å². The third-order valence-corrected chi connectivity index (χ3v) is 6.12. The summed E-state index contributed by atoms with van der Waals surface area (Å²) in [6, 6.07) is 1.20. The van der Waals surface area contributed by atoms with Crippen molar-refractivity contribution in [3.8, 4) is 0 Å². The molecule has 2 fully saturated rings. The molecule has 0 bridgehead atoms. The molecule has 0 atom stereocenters. The van der Waals surface area contributed by atoms with Gasteiger partial charge in [-0.3, -0.25) is 4.99 Å². The minimum atomic E-state index is 0. The fourth-order valence-electron chi connectivity index (χ4n) is 4.16. The van der Waals surface area contributed by atoms with Gasteiger partial charge in [0.1, 0.15) is 5.82 Å². The zero-order chi connectivity index (χ0) is 18.2. The summed E-state index contributed by atoms with van der Waals surface area (Å²) in [6.45, 7) is 3.86. The summed E-state index contributed by atoms with van der Waals surface area (Å²) in [6.07, 6.45) is 14.5. The van der Waals surface area contributed by atoms with E-state index in [1.807, 2.05) is 0 Å². The molecule has 0 amide bonds. The topological polar surface area (TPSA) is 67.1 Å². The van der Waals surface area contributed by atoms with Crippen LogP contribution in [0.2, 0.25) is 0 Å². The molecule has 2 aliphatic rings. The molecule has 1 aromatic heterocycles. The predicted molar refractivity (Wildman–Crippen MR) is 124 cm³/mol. The Hall–Kier alpha value is -0.510. The van der Waals surface area contributed by atoms with E-state index >= 15 is 0 Å². The maximum atomic E-state index is 4.78. The third kappa shape index (κ3) is 6.51. The average molecular weight is 507 g/mol. The Balaban J connectivity index is 0.00000261. The van der Waals surface area contributed by atoms with Crippen molar-refractivity contribution in [1.82, 2.24) is 25.4 Å². The van der Waals surface area contributed by atoms with Crippen molar-refractivity contribution in [2.24, 2.45) is 4.99 Å². The lowest BCUT2D eigenvalue weighted by molar-refractivity contribution is 0.461. The highest BCUT2D eigenvalue weighted by atomic mass is 127. The first kappa shape index (κ1) is 22.8. The van der Waals surface area contributed by atoms with Gasteiger partial charge in [-0.2, -0.15) is 0 Å². The molecule has 0 aromatic carbocycles. The van der Waals surface area contributed by atoms with Crippen LogP contribution in [0.5, 0.6) is 0 Å². The Bertz CT molecular complexity index is 579. The van der Waals surface area contributed by atoms with Crippen LogP contribution in [0.15, 0.2) is 10.1 Å². The highest BCUT2D eigenvalue weighted by Crippen LogP contribution is 2.33. The van der Waals surface area contributed by atoms with E-state index < -0.39 is 0 Å². The summed E-state index contributed by atoms with van der Waals surface area (Å²) in [7, 11) is 0. The van der Waals surface area contributed by atoms with Crippen LogP contribution in [0.25, 0.3) is 0 Å². The zero-order valence-electron chi connectivity index (χ0n) is 16.7. The smallest absolute Gasteiger partial charge is 0.191 e. The molecule has 6 nitrogen and oxygen atoms in total. The molecular formula is C19H35IN6S. The van der Waals surface area contributed by atoms with Gasteiger partial charge in [0.05, 0.1) is 0 Å². The molecule has 2 saturated carbocycles. The molecular weight excluding hydrogens is 471 g/mol.